The molecule has 4 aliphatic rings. The Morgan fingerprint density at radius 1 is 1.21 bits per heavy atom. The van der Waals surface area contributed by atoms with Gasteiger partial charge in [-0.15, -0.1) is 0 Å². The Balaban J connectivity index is 1.69. The molecule has 4 fully saturated rings. The van der Waals surface area contributed by atoms with Gasteiger partial charge in [-0.25, -0.2) is 4.98 Å². The van der Waals surface area contributed by atoms with Gasteiger partial charge in [0, 0.05) is 18.7 Å². The van der Waals surface area contributed by atoms with Crippen LogP contribution in [0.2, 0.25) is 0 Å². The first-order valence-corrected chi connectivity index (χ1v) is 7.86. The summed E-state index contributed by atoms with van der Waals surface area (Å²) in [5.41, 5.74) is 1.85. The number of hydrogen-bond acceptors (Lipinski definition) is 2. The summed E-state index contributed by atoms with van der Waals surface area (Å²) in [5, 5.41) is 3.23. The average Bonchev–Trinajstić information content (AvgIpc) is 2.70. The van der Waals surface area contributed by atoms with E-state index in [4.69, 9.17) is 4.98 Å². The van der Waals surface area contributed by atoms with Crippen LogP contribution in [0.3, 0.4) is 0 Å². The zero-order valence-electron chi connectivity index (χ0n) is 12.2. The molecule has 1 heterocycles. The fourth-order valence-electron chi connectivity index (χ4n) is 5.51. The maximum absolute atomic E-state index is 4.99. The topological polar surface area (TPSA) is 29.9 Å². The van der Waals surface area contributed by atoms with Crippen molar-refractivity contribution in [2.75, 3.05) is 7.05 Å². The molecule has 3 nitrogen and oxygen atoms in total. The van der Waals surface area contributed by atoms with Gasteiger partial charge in [0.05, 0.1) is 12.2 Å². The molecule has 1 N–H and O–H groups in total. The van der Waals surface area contributed by atoms with Gasteiger partial charge < -0.3 is 9.88 Å². The molecule has 104 valence electrons. The van der Waals surface area contributed by atoms with Crippen LogP contribution in [0.1, 0.15) is 50.0 Å². The highest BCUT2D eigenvalue weighted by atomic mass is 15.1. The summed E-state index contributed by atoms with van der Waals surface area (Å²) < 4.78 is 2.23. The van der Waals surface area contributed by atoms with Crippen molar-refractivity contribution in [2.45, 2.75) is 50.5 Å². The Morgan fingerprint density at radius 2 is 1.79 bits per heavy atom. The standard InChI is InChI=1S/C16H25N3/c1-17-9-15-18-14(10-19(15)2)16-6-11-3-12(7-16)5-13(4-11)8-16/h10-13,17H,3-9H2,1-2H3. The third-order valence-electron chi connectivity index (χ3n) is 5.89. The molecule has 0 saturated heterocycles. The number of hydrogen-bond donors (Lipinski definition) is 1. The largest absolute Gasteiger partial charge is 0.337 e. The monoisotopic (exact) mass is 259 g/mol. The summed E-state index contributed by atoms with van der Waals surface area (Å²) in [5.74, 6) is 4.19. The lowest BCUT2D eigenvalue weighted by molar-refractivity contribution is -0.00709. The Labute approximate surface area is 115 Å². The van der Waals surface area contributed by atoms with E-state index in [-0.39, 0.29) is 0 Å². The minimum atomic E-state index is 0.443. The fraction of sp³-hybridized carbons (Fsp3) is 0.812. The molecule has 4 saturated carbocycles. The molecule has 4 aliphatic carbocycles. The third-order valence-corrected chi connectivity index (χ3v) is 5.89. The SMILES string of the molecule is CNCc1nc(C23CC4CC(CC(C4)C2)C3)cn1C. The molecule has 4 bridgehead atoms. The maximum Gasteiger partial charge on any atom is 0.122 e. The predicted molar refractivity (Wildman–Crippen MR) is 75.8 cm³/mol. The van der Waals surface area contributed by atoms with Gasteiger partial charge in [-0.1, -0.05) is 0 Å². The van der Waals surface area contributed by atoms with E-state index in [0.717, 1.165) is 24.3 Å². The van der Waals surface area contributed by atoms with Gasteiger partial charge in [0.2, 0.25) is 0 Å². The minimum Gasteiger partial charge on any atom is -0.337 e. The quantitative estimate of drug-likeness (QED) is 0.904. The van der Waals surface area contributed by atoms with Crippen molar-refractivity contribution in [3.8, 4) is 0 Å². The third kappa shape index (κ3) is 1.78. The highest BCUT2D eigenvalue weighted by Crippen LogP contribution is 2.60. The molecule has 5 rings (SSSR count). The van der Waals surface area contributed by atoms with Crippen molar-refractivity contribution in [3.63, 3.8) is 0 Å². The number of aryl methyl sites for hydroxylation is 1. The molecule has 19 heavy (non-hydrogen) atoms. The summed E-state index contributed by atoms with van der Waals surface area (Å²) in [7, 11) is 4.14. The predicted octanol–water partition coefficient (Wildman–Crippen LogP) is 2.61. The lowest BCUT2D eigenvalue weighted by Crippen LogP contribution is -2.48. The Hall–Kier alpha value is -0.830. The van der Waals surface area contributed by atoms with Crippen LogP contribution in [0.25, 0.3) is 0 Å². The molecule has 0 amide bonds. The van der Waals surface area contributed by atoms with Crippen molar-refractivity contribution >= 4 is 0 Å². The number of nitrogens with zero attached hydrogens (tertiary/aromatic N) is 2. The van der Waals surface area contributed by atoms with Crippen LogP contribution in [0.5, 0.6) is 0 Å². The van der Waals surface area contributed by atoms with Gasteiger partial charge in [-0.2, -0.15) is 0 Å². The molecule has 0 atom stereocenters. The zero-order chi connectivity index (χ0) is 13.0. The number of nitrogens with one attached hydrogen (secondary N) is 1. The molecule has 0 aliphatic heterocycles. The van der Waals surface area contributed by atoms with Crippen LogP contribution < -0.4 is 5.32 Å². The number of aromatic nitrogens is 2. The molecule has 1 aromatic heterocycles. The van der Waals surface area contributed by atoms with Gasteiger partial charge in [-0.05, 0) is 63.3 Å². The molecule has 0 aromatic carbocycles. The van der Waals surface area contributed by atoms with Crippen LogP contribution in [0.15, 0.2) is 6.20 Å². The molecular weight excluding hydrogens is 234 g/mol. The van der Waals surface area contributed by atoms with Gasteiger partial charge in [0.1, 0.15) is 5.82 Å². The van der Waals surface area contributed by atoms with Crippen LogP contribution in [-0.2, 0) is 19.0 Å². The van der Waals surface area contributed by atoms with Crippen molar-refractivity contribution < 1.29 is 0 Å². The van der Waals surface area contributed by atoms with E-state index in [0.29, 0.717) is 5.41 Å². The number of imidazole rings is 1. The molecular formula is C16H25N3. The van der Waals surface area contributed by atoms with Gasteiger partial charge in [0.25, 0.3) is 0 Å². The Morgan fingerprint density at radius 3 is 2.32 bits per heavy atom. The van der Waals surface area contributed by atoms with Gasteiger partial charge in [0.15, 0.2) is 0 Å². The second kappa shape index (κ2) is 4.08. The van der Waals surface area contributed by atoms with Gasteiger partial charge >= 0.3 is 0 Å². The van der Waals surface area contributed by atoms with Gasteiger partial charge in [-0.3, -0.25) is 0 Å². The van der Waals surface area contributed by atoms with E-state index in [9.17, 15) is 0 Å². The van der Waals surface area contributed by atoms with E-state index < -0.39 is 0 Å². The Kier molecular flexibility index (Phi) is 2.57. The van der Waals surface area contributed by atoms with E-state index in [2.05, 4.69) is 23.1 Å². The molecule has 1 aromatic rings. The summed E-state index contributed by atoms with van der Waals surface area (Å²) in [6, 6.07) is 0. The van der Waals surface area contributed by atoms with Crippen molar-refractivity contribution in [1.29, 1.82) is 0 Å². The lowest BCUT2D eigenvalue weighted by Gasteiger charge is -2.56. The first kappa shape index (κ1) is 12.0. The highest BCUT2D eigenvalue weighted by Gasteiger charge is 2.52. The smallest absolute Gasteiger partial charge is 0.122 e. The average molecular weight is 259 g/mol. The van der Waals surface area contributed by atoms with Crippen molar-refractivity contribution in [3.05, 3.63) is 17.7 Å². The first-order valence-electron chi connectivity index (χ1n) is 7.86. The molecule has 0 unspecified atom stereocenters. The summed E-state index contributed by atoms with van der Waals surface area (Å²) in [6.45, 7) is 0.878. The first-order chi connectivity index (χ1) is 9.18. The normalized spacial score (nSPS) is 40.0. The van der Waals surface area contributed by atoms with E-state index in [1.165, 1.54) is 50.0 Å². The van der Waals surface area contributed by atoms with Crippen LogP contribution >= 0.6 is 0 Å². The van der Waals surface area contributed by atoms with Crippen molar-refractivity contribution in [2.24, 2.45) is 24.8 Å². The van der Waals surface area contributed by atoms with Crippen LogP contribution in [0, 0.1) is 17.8 Å². The van der Waals surface area contributed by atoms with E-state index in [1.807, 2.05) is 7.05 Å². The van der Waals surface area contributed by atoms with E-state index in [1.54, 1.807) is 0 Å². The summed E-state index contributed by atoms with van der Waals surface area (Å²) in [4.78, 5) is 4.99. The maximum atomic E-state index is 4.99. The Bertz CT molecular complexity index is 453. The lowest BCUT2D eigenvalue weighted by atomic mass is 9.49. The summed E-state index contributed by atoms with van der Waals surface area (Å²) >= 11 is 0. The molecule has 0 radical (unpaired) electrons. The van der Waals surface area contributed by atoms with E-state index >= 15 is 0 Å². The van der Waals surface area contributed by atoms with Crippen LogP contribution in [-0.4, -0.2) is 16.6 Å². The molecule has 0 spiro atoms. The number of rotatable bonds is 3. The second-order valence-corrected chi connectivity index (χ2v) is 7.38. The second-order valence-electron chi connectivity index (χ2n) is 7.38. The fourth-order valence-corrected chi connectivity index (χ4v) is 5.51. The van der Waals surface area contributed by atoms with Crippen LogP contribution in [0.4, 0.5) is 0 Å². The zero-order valence-corrected chi connectivity index (χ0v) is 12.2. The molecule has 3 heteroatoms. The highest BCUT2D eigenvalue weighted by molar-refractivity contribution is 5.22. The summed E-state index contributed by atoms with van der Waals surface area (Å²) in [6.07, 6.45) is 11.1. The minimum absolute atomic E-state index is 0.443. The van der Waals surface area contributed by atoms with Crippen molar-refractivity contribution in [1.82, 2.24) is 14.9 Å².